The van der Waals surface area contributed by atoms with Crippen molar-refractivity contribution in [1.29, 1.82) is 0 Å². The summed E-state index contributed by atoms with van der Waals surface area (Å²) in [5, 5.41) is 12.3. The van der Waals surface area contributed by atoms with E-state index in [-0.39, 0.29) is 12.5 Å². The monoisotopic (exact) mass is 434 g/mol. The van der Waals surface area contributed by atoms with Crippen LogP contribution in [-0.2, 0) is 16.4 Å². The molecule has 0 saturated heterocycles. The fourth-order valence-electron chi connectivity index (χ4n) is 3.18. The number of hydrogen-bond acceptors (Lipinski definition) is 5. The zero-order chi connectivity index (χ0) is 22.0. The molecule has 0 spiro atoms. The minimum absolute atomic E-state index is 0.152. The first-order chi connectivity index (χ1) is 14.4. The van der Waals surface area contributed by atoms with Crippen molar-refractivity contribution < 1.29 is 18.3 Å². The Hall–Kier alpha value is -2.09. The van der Waals surface area contributed by atoms with E-state index in [1.54, 1.807) is 35.7 Å². The second kappa shape index (κ2) is 11.9. The number of unbranched alkanes of at least 4 members (excludes halogenated alkanes) is 1. The lowest BCUT2D eigenvalue weighted by Gasteiger charge is -2.24. The molecule has 0 bridgehead atoms. The molecule has 0 fully saturated rings. The second-order valence-electron chi connectivity index (χ2n) is 7.74. The van der Waals surface area contributed by atoms with Gasteiger partial charge in [0.25, 0.3) is 0 Å². The molecule has 166 valence electrons. The third-order valence-corrected chi connectivity index (χ3v) is 6.66. The molecule has 2 aromatic rings. The van der Waals surface area contributed by atoms with Crippen molar-refractivity contribution in [2.75, 3.05) is 38.7 Å². The summed E-state index contributed by atoms with van der Waals surface area (Å²) in [6.45, 7) is 5.96. The number of nitrogens with one attached hydrogen (secondary N) is 1. The number of ether oxygens (including phenoxy) is 1. The van der Waals surface area contributed by atoms with E-state index in [4.69, 9.17) is 9.84 Å². The molecule has 7 heteroatoms. The Morgan fingerprint density at radius 2 is 1.70 bits per heavy atom. The highest BCUT2D eigenvalue weighted by Crippen LogP contribution is 2.21. The van der Waals surface area contributed by atoms with E-state index in [2.05, 4.69) is 5.32 Å². The molecule has 2 N–H and O–H groups in total. The van der Waals surface area contributed by atoms with Crippen LogP contribution in [0.2, 0.25) is 0 Å². The highest BCUT2D eigenvalue weighted by molar-refractivity contribution is 7.89. The lowest BCUT2D eigenvalue weighted by Crippen LogP contribution is -2.35. The van der Waals surface area contributed by atoms with Crippen molar-refractivity contribution in [3.8, 4) is 5.75 Å². The lowest BCUT2D eigenvalue weighted by atomic mass is 10.1. The van der Waals surface area contributed by atoms with Gasteiger partial charge in [0.1, 0.15) is 5.75 Å². The summed E-state index contributed by atoms with van der Waals surface area (Å²) in [6.07, 6.45) is 2.30. The van der Waals surface area contributed by atoms with Crippen molar-refractivity contribution in [3.05, 3.63) is 54.1 Å². The largest absolute Gasteiger partial charge is 0.497 e. The van der Waals surface area contributed by atoms with Crippen LogP contribution in [0.1, 0.15) is 32.3 Å². The first-order valence-electron chi connectivity index (χ1n) is 10.4. The molecule has 2 rings (SSSR count). The van der Waals surface area contributed by atoms with Crippen LogP contribution in [0.3, 0.4) is 0 Å². The van der Waals surface area contributed by atoms with E-state index in [9.17, 15) is 8.42 Å². The maximum absolute atomic E-state index is 13.1. The maximum atomic E-state index is 13.1. The van der Waals surface area contributed by atoms with Gasteiger partial charge in [-0.3, -0.25) is 0 Å². The minimum Gasteiger partial charge on any atom is -0.497 e. The van der Waals surface area contributed by atoms with Gasteiger partial charge >= 0.3 is 0 Å². The van der Waals surface area contributed by atoms with Gasteiger partial charge in [-0.15, -0.1) is 0 Å². The smallest absolute Gasteiger partial charge is 0.243 e. The zero-order valence-corrected chi connectivity index (χ0v) is 19.0. The summed E-state index contributed by atoms with van der Waals surface area (Å²) >= 11 is 0. The molecule has 0 aliphatic carbocycles. The molecule has 0 atom stereocenters. The fraction of sp³-hybridized carbons (Fsp3) is 0.478. The summed E-state index contributed by atoms with van der Waals surface area (Å²) in [6, 6.07) is 14.6. The highest BCUT2D eigenvalue weighted by Gasteiger charge is 2.24. The summed E-state index contributed by atoms with van der Waals surface area (Å²) in [5.41, 5.74) is 2.14. The molecule has 2 aromatic carbocycles. The fourth-order valence-corrected chi connectivity index (χ4v) is 4.82. The predicted octanol–water partition coefficient (Wildman–Crippen LogP) is 3.77. The van der Waals surface area contributed by atoms with Crippen LogP contribution >= 0.6 is 0 Å². The van der Waals surface area contributed by atoms with Gasteiger partial charge in [0.15, 0.2) is 0 Å². The Balaban J connectivity index is 1.89. The second-order valence-corrected chi connectivity index (χ2v) is 9.67. The predicted molar refractivity (Wildman–Crippen MR) is 122 cm³/mol. The molecule has 30 heavy (non-hydrogen) atoms. The molecule has 0 heterocycles. The highest BCUT2D eigenvalue weighted by atomic mass is 32.2. The number of rotatable bonds is 13. The Kier molecular flexibility index (Phi) is 9.62. The molecule has 6 nitrogen and oxygen atoms in total. The van der Waals surface area contributed by atoms with E-state index in [1.807, 2.05) is 38.1 Å². The van der Waals surface area contributed by atoms with Gasteiger partial charge in [-0.25, -0.2) is 8.42 Å². The van der Waals surface area contributed by atoms with Crippen molar-refractivity contribution in [3.63, 3.8) is 0 Å². The number of benzene rings is 2. The van der Waals surface area contributed by atoms with Crippen LogP contribution in [0, 0.1) is 5.92 Å². The van der Waals surface area contributed by atoms with E-state index in [0.29, 0.717) is 30.2 Å². The average molecular weight is 435 g/mol. The molecule has 0 amide bonds. The first-order valence-corrected chi connectivity index (χ1v) is 11.9. The Bertz CT molecular complexity index is 850. The van der Waals surface area contributed by atoms with Gasteiger partial charge in [-0.2, -0.15) is 4.31 Å². The molecule has 0 radical (unpaired) electrons. The number of anilines is 1. The summed E-state index contributed by atoms with van der Waals surface area (Å²) < 4.78 is 32.9. The van der Waals surface area contributed by atoms with Crippen molar-refractivity contribution in [2.45, 2.75) is 38.0 Å². The first kappa shape index (κ1) is 24.2. The summed E-state index contributed by atoms with van der Waals surface area (Å²) in [5.74, 6) is 0.883. The van der Waals surface area contributed by atoms with Crippen LogP contribution in [0.15, 0.2) is 53.4 Å². The standard InChI is InChI=1S/C23H34N2O4S/c1-19(2)18-25(30(27,28)23-12-10-22(29-3)11-13-23)16-5-4-15-24-21-8-6-20(7-9-21)14-17-26/h6-13,19,24,26H,4-5,14-18H2,1-3H3. The molecular formula is C23H34N2O4S. The topological polar surface area (TPSA) is 78.9 Å². The number of aliphatic hydroxyl groups is 1. The lowest BCUT2D eigenvalue weighted by molar-refractivity contribution is 0.299. The van der Waals surface area contributed by atoms with E-state index < -0.39 is 10.0 Å². The van der Waals surface area contributed by atoms with Gasteiger partial charge < -0.3 is 15.2 Å². The Labute approximate surface area is 180 Å². The van der Waals surface area contributed by atoms with Crippen molar-refractivity contribution in [1.82, 2.24) is 4.31 Å². The number of methoxy groups -OCH3 is 1. The Morgan fingerprint density at radius 1 is 1.03 bits per heavy atom. The van der Waals surface area contributed by atoms with Crippen LogP contribution in [0.5, 0.6) is 5.75 Å². The van der Waals surface area contributed by atoms with Crippen molar-refractivity contribution in [2.24, 2.45) is 5.92 Å². The van der Waals surface area contributed by atoms with Gasteiger partial charge in [-0.1, -0.05) is 26.0 Å². The zero-order valence-electron chi connectivity index (χ0n) is 18.2. The van der Waals surface area contributed by atoms with E-state index in [0.717, 1.165) is 30.6 Å². The average Bonchev–Trinajstić information content (AvgIpc) is 2.73. The van der Waals surface area contributed by atoms with Gasteiger partial charge in [0, 0.05) is 31.9 Å². The number of nitrogens with zero attached hydrogens (tertiary/aromatic N) is 1. The van der Waals surface area contributed by atoms with Crippen LogP contribution in [0.4, 0.5) is 5.69 Å². The maximum Gasteiger partial charge on any atom is 0.243 e. The summed E-state index contributed by atoms with van der Waals surface area (Å²) in [7, 11) is -1.97. The number of aliphatic hydroxyl groups excluding tert-OH is 1. The summed E-state index contributed by atoms with van der Waals surface area (Å²) in [4.78, 5) is 0.296. The number of sulfonamides is 1. The molecule has 0 aliphatic heterocycles. The third kappa shape index (κ3) is 7.31. The molecule has 0 saturated carbocycles. The SMILES string of the molecule is COc1ccc(S(=O)(=O)N(CCCCNc2ccc(CCO)cc2)CC(C)C)cc1. The van der Waals surface area contributed by atoms with E-state index >= 15 is 0 Å². The molecular weight excluding hydrogens is 400 g/mol. The normalized spacial score (nSPS) is 11.8. The van der Waals surface area contributed by atoms with Gasteiger partial charge in [0.05, 0.1) is 12.0 Å². The quantitative estimate of drug-likeness (QED) is 0.469. The molecule has 0 unspecified atom stereocenters. The van der Waals surface area contributed by atoms with Gasteiger partial charge in [0.2, 0.25) is 10.0 Å². The van der Waals surface area contributed by atoms with Crippen LogP contribution in [0.25, 0.3) is 0 Å². The van der Waals surface area contributed by atoms with Gasteiger partial charge in [-0.05, 0) is 67.1 Å². The van der Waals surface area contributed by atoms with Crippen LogP contribution in [-0.4, -0.2) is 51.2 Å². The molecule has 0 aliphatic rings. The number of hydrogen-bond donors (Lipinski definition) is 2. The van der Waals surface area contributed by atoms with Crippen molar-refractivity contribution >= 4 is 15.7 Å². The van der Waals surface area contributed by atoms with E-state index in [1.165, 1.54) is 0 Å². The minimum atomic E-state index is -3.53. The van der Waals surface area contributed by atoms with Crippen LogP contribution < -0.4 is 10.1 Å². The molecule has 0 aromatic heterocycles. The third-order valence-electron chi connectivity index (χ3n) is 4.78. The Morgan fingerprint density at radius 3 is 2.27 bits per heavy atom.